The van der Waals surface area contributed by atoms with Crippen LogP contribution in [0.4, 0.5) is 16.2 Å². The van der Waals surface area contributed by atoms with Gasteiger partial charge in [0.15, 0.2) is 0 Å². The summed E-state index contributed by atoms with van der Waals surface area (Å²) >= 11 is 3.83. The predicted molar refractivity (Wildman–Crippen MR) is 203 cm³/mol. The lowest BCUT2D eigenvalue weighted by atomic mass is 10.1. The molecule has 15 N–H and O–H groups in total. The number of urea groups is 1. The van der Waals surface area contributed by atoms with Crippen LogP contribution < -0.4 is 53.4 Å². The molecule has 1 aromatic rings. The molecular weight excluding hydrogens is 800 g/mol. The first kappa shape index (κ1) is 50.4. The van der Waals surface area contributed by atoms with Gasteiger partial charge in [-0.25, -0.2) is 14.4 Å². The lowest BCUT2D eigenvalue weighted by molar-refractivity contribution is -0.141. The van der Waals surface area contributed by atoms with Crippen LogP contribution in [-0.4, -0.2) is 166 Å². The molecule has 0 radical (unpaired) electrons. The summed E-state index contributed by atoms with van der Waals surface area (Å²) in [6, 6.07) is -5.66. The summed E-state index contributed by atoms with van der Waals surface area (Å²) in [4.78, 5) is 119. The standard InChI is InChI=1S/C32H50N8O17S/c41-11-15(9-36-28(51)19(13-43)38-27(50)16(12-42)10-37-29(52)20(58)14-44)26(49)35-8-7-34-23-22(24(47)25(23)48)33-6-2-1-3-17(30(53)54)39-32(57)40-18(31(55)56)4-5-21(45)46/h15-20,33-34,41-44,58H,1-14H2,(H,35,49)(H,36,51)(H,37,52)(H,38,50)(H,45,46)(H,53,54)(H,55,56)(H2,39,40,57). The van der Waals surface area contributed by atoms with Gasteiger partial charge in [-0.2, -0.15) is 12.6 Å². The number of nitrogens with one attached hydrogen (secondary N) is 8. The molecule has 0 spiro atoms. The second-order valence-electron chi connectivity index (χ2n) is 12.6. The van der Waals surface area contributed by atoms with Gasteiger partial charge in [0.05, 0.1) is 38.3 Å². The van der Waals surface area contributed by atoms with Gasteiger partial charge in [0, 0.05) is 39.1 Å². The van der Waals surface area contributed by atoms with Crippen molar-refractivity contribution in [2.45, 2.75) is 55.5 Å². The number of hydrogen-bond donors (Lipinski definition) is 16. The maximum atomic E-state index is 12.6. The summed E-state index contributed by atoms with van der Waals surface area (Å²) in [6.45, 7) is -3.85. The van der Waals surface area contributed by atoms with Crippen LogP contribution in [0.3, 0.4) is 0 Å². The Morgan fingerprint density at radius 3 is 1.55 bits per heavy atom. The molecule has 326 valence electrons. The van der Waals surface area contributed by atoms with E-state index in [1.165, 1.54) is 0 Å². The van der Waals surface area contributed by atoms with Gasteiger partial charge in [0.25, 0.3) is 10.9 Å². The third-order valence-electron chi connectivity index (χ3n) is 8.23. The zero-order valence-electron chi connectivity index (χ0n) is 31.0. The van der Waals surface area contributed by atoms with E-state index in [9.17, 15) is 68.4 Å². The normalized spacial score (nSPS) is 14.0. The maximum Gasteiger partial charge on any atom is 0.326 e. The highest BCUT2D eigenvalue weighted by Crippen LogP contribution is 2.14. The van der Waals surface area contributed by atoms with Crippen molar-refractivity contribution in [2.75, 3.05) is 69.8 Å². The number of aliphatic hydroxyl groups excluding tert-OH is 4. The molecule has 0 fully saturated rings. The van der Waals surface area contributed by atoms with Crippen molar-refractivity contribution in [3.8, 4) is 0 Å². The Labute approximate surface area is 334 Å². The number of anilines is 2. The molecule has 0 saturated heterocycles. The highest BCUT2D eigenvalue weighted by molar-refractivity contribution is 7.81. The van der Waals surface area contributed by atoms with Crippen molar-refractivity contribution < 1.29 is 74.1 Å². The topological polar surface area (TPSA) is 409 Å². The van der Waals surface area contributed by atoms with Gasteiger partial charge in [-0.05, 0) is 25.7 Å². The largest absolute Gasteiger partial charge is 0.481 e. The molecule has 6 unspecified atom stereocenters. The molecule has 0 aliphatic heterocycles. The Kier molecular flexibility index (Phi) is 22.9. The molecule has 1 rings (SSSR count). The molecule has 0 aliphatic rings. The fraction of sp³-hybridized carbons (Fsp3) is 0.625. The number of thiol groups is 1. The fourth-order valence-corrected chi connectivity index (χ4v) is 4.90. The molecule has 26 heteroatoms. The summed E-state index contributed by atoms with van der Waals surface area (Å²) in [5.41, 5.74) is -1.82. The number of amides is 6. The number of carboxylic acid groups (broad SMARTS) is 3. The molecule has 25 nitrogen and oxygen atoms in total. The van der Waals surface area contributed by atoms with E-state index in [2.05, 4.69) is 49.8 Å². The molecule has 6 atom stereocenters. The minimum Gasteiger partial charge on any atom is -0.481 e. The Morgan fingerprint density at radius 2 is 1.05 bits per heavy atom. The first-order valence-electron chi connectivity index (χ1n) is 17.7. The fourth-order valence-electron chi connectivity index (χ4n) is 4.81. The van der Waals surface area contributed by atoms with Crippen LogP contribution in [0.15, 0.2) is 9.59 Å². The van der Waals surface area contributed by atoms with Crippen molar-refractivity contribution in [3.05, 3.63) is 20.4 Å². The van der Waals surface area contributed by atoms with Gasteiger partial charge >= 0.3 is 23.9 Å². The first-order valence-corrected chi connectivity index (χ1v) is 18.2. The number of carboxylic acids is 3. The van der Waals surface area contributed by atoms with Crippen LogP contribution >= 0.6 is 12.6 Å². The molecule has 0 bridgehead atoms. The number of carbonyl (C=O) groups excluding carboxylic acids is 5. The highest BCUT2D eigenvalue weighted by Gasteiger charge is 2.28. The van der Waals surface area contributed by atoms with Gasteiger partial charge in [-0.1, -0.05) is 0 Å². The smallest absolute Gasteiger partial charge is 0.326 e. The zero-order valence-corrected chi connectivity index (χ0v) is 31.9. The minimum absolute atomic E-state index is 0.0609. The van der Waals surface area contributed by atoms with E-state index in [0.29, 0.717) is 0 Å². The first-order chi connectivity index (χ1) is 27.4. The maximum absolute atomic E-state index is 12.6. The van der Waals surface area contributed by atoms with Gasteiger partial charge < -0.3 is 78.3 Å². The lowest BCUT2D eigenvalue weighted by Gasteiger charge is -2.22. The van der Waals surface area contributed by atoms with E-state index < -0.39 is 139 Å². The lowest BCUT2D eigenvalue weighted by Crippen LogP contribution is -2.53. The van der Waals surface area contributed by atoms with Gasteiger partial charge in [-0.3, -0.25) is 33.6 Å². The zero-order chi connectivity index (χ0) is 43.9. The van der Waals surface area contributed by atoms with Crippen LogP contribution in [0.1, 0.15) is 32.1 Å². The quantitative estimate of drug-likeness (QED) is 0.0194. The monoisotopic (exact) mass is 850 g/mol. The molecule has 0 saturated carbocycles. The van der Waals surface area contributed by atoms with Crippen molar-refractivity contribution in [3.63, 3.8) is 0 Å². The number of aliphatic carboxylic acids is 3. The summed E-state index contributed by atoms with van der Waals surface area (Å²) < 4.78 is 0. The van der Waals surface area contributed by atoms with Crippen molar-refractivity contribution in [1.29, 1.82) is 0 Å². The van der Waals surface area contributed by atoms with Crippen LogP contribution in [0, 0.1) is 11.8 Å². The van der Waals surface area contributed by atoms with Crippen LogP contribution in [0.25, 0.3) is 0 Å². The van der Waals surface area contributed by atoms with Crippen molar-refractivity contribution in [1.82, 2.24) is 31.9 Å². The summed E-state index contributed by atoms with van der Waals surface area (Å²) in [7, 11) is 0. The summed E-state index contributed by atoms with van der Waals surface area (Å²) in [6.07, 6.45) is -0.642. The average Bonchev–Trinajstić information content (AvgIpc) is 3.18. The number of hydrogen-bond acceptors (Lipinski definition) is 17. The molecule has 6 amide bonds. The van der Waals surface area contributed by atoms with Gasteiger partial charge in [-0.15, -0.1) is 0 Å². The Morgan fingerprint density at radius 1 is 0.534 bits per heavy atom. The molecule has 1 aromatic carbocycles. The molecular formula is C32H50N8O17S. The molecule has 0 aromatic heterocycles. The Balaban J connectivity index is 2.54. The van der Waals surface area contributed by atoms with Crippen LogP contribution in [0.5, 0.6) is 0 Å². The molecule has 0 aliphatic carbocycles. The number of carbonyl (C=O) groups is 8. The van der Waals surface area contributed by atoms with Crippen molar-refractivity contribution in [2.24, 2.45) is 11.8 Å². The number of aliphatic hydroxyl groups is 4. The third kappa shape index (κ3) is 17.3. The third-order valence-corrected chi connectivity index (χ3v) is 8.63. The minimum atomic E-state index is -1.57. The van der Waals surface area contributed by atoms with E-state index in [1.54, 1.807) is 0 Å². The summed E-state index contributed by atoms with van der Waals surface area (Å²) in [5, 5.41) is 82.9. The SMILES string of the molecule is O=C(O)CCC(NC(=O)NC(CCCCNc1c(NCCNC(=O)C(CO)CNC(=O)C(CO)NC(=O)C(CO)CNC(=O)C(S)CO)c(=O)c1=O)C(=O)O)C(=O)O. The van der Waals surface area contributed by atoms with Gasteiger partial charge in [0.1, 0.15) is 34.8 Å². The van der Waals surface area contributed by atoms with Crippen molar-refractivity contribution >= 4 is 71.6 Å². The number of rotatable bonds is 30. The van der Waals surface area contributed by atoms with E-state index in [-0.39, 0.29) is 56.8 Å². The molecule has 58 heavy (non-hydrogen) atoms. The van der Waals surface area contributed by atoms with Gasteiger partial charge in [0.2, 0.25) is 23.6 Å². The second kappa shape index (κ2) is 26.4. The molecule has 0 heterocycles. The average molecular weight is 851 g/mol. The van der Waals surface area contributed by atoms with E-state index >= 15 is 0 Å². The van der Waals surface area contributed by atoms with Crippen LogP contribution in [-0.2, 0) is 33.6 Å². The Hall–Kier alpha value is -5.57. The Bertz CT molecular complexity index is 1660. The van der Waals surface area contributed by atoms with Crippen LogP contribution in [0.2, 0.25) is 0 Å². The predicted octanol–water partition coefficient (Wildman–Crippen LogP) is -6.32. The van der Waals surface area contributed by atoms with E-state index in [0.717, 1.165) is 0 Å². The number of unbranched alkanes of at least 4 members (excludes halogenated alkanes) is 1. The van der Waals surface area contributed by atoms with E-state index in [4.69, 9.17) is 15.3 Å². The summed E-state index contributed by atoms with van der Waals surface area (Å²) in [5.74, 6) is -9.94. The second-order valence-corrected chi connectivity index (χ2v) is 13.2. The highest BCUT2D eigenvalue weighted by atomic mass is 32.1. The van der Waals surface area contributed by atoms with E-state index in [1.807, 2.05) is 5.32 Å².